The van der Waals surface area contributed by atoms with E-state index in [2.05, 4.69) is 25.7 Å². The van der Waals surface area contributed by atoms with Gasteiger partial charge in [0.1, 0.15) is 5.82 Å². The first-order valence-electron chi connectivity index (χ1n) is 7.87. The zero-order valence-corrected chi connectivity index (χ0v) is 13.1. The zero-order chi connectivity index (χ0) is 15.2. The van der Waals surface area contributed by atoms with Crippen LogP contribution in [0.25, 0.3) is 0 Å². The lowest BCUT2D eigenvalue weighted by Crippen LogP contribution is -2.30. The summed E-state index contributed by atoms with van der Waals surface area (Å²) >= 11 is 0. The third kappa shape index (κ3) is 3.36. The summed E-state index contributed by atoms with van der Waals surface area (Å²) in [6, 6.07) is 4.03. The predicted octanol–water partition coefficient (Wildman–Crippen LogP) is 3.46. The van der Waals surface area contributed by atoms with Gasteiger partial charge in [0.25, 0.3) is 0 Å². The third-order valence-corrected chi connectivity index (χ3v) is 4.26. The van der Waals surface area contributed by atoms with E-state index in [0.29, 0.717) is 11.6 Å². The molecule has 4 nitrogen and oxygen atoms in total. The highest BCUT2D eigenvalue weighted by molar-refractivity contribution is 5.88. The van der Waals surface area contributed by atoms with Crippen molar-refractivity contribution >= 4 is 11.8 Å². The molecule has 1 N–H and O–H groups in total. The van der Waals surface area contributed by atoms with E-state index in [1.54, 1.807) is 12.1 Å². The Morgan fingerprint density at radius 3 is 2.43 bits per heavy atom. The molecule has 0 amide bonds. The summed E-state index contributed by atoms with van der Waals surface area (Å²) < 4.78 is 0. The van der Waals surface area contributed by atoms with Crippen LogP contribution < -0.4 is 4.90 Å². The normalized spacial score (nSPS) is 18.6. The van der Waals surface area contributed by atoms with Crippen molar-refractivity contribution in [1.82, 2.24) is 4.98 Å². The Bertz CT molecular complexity index is 554. The van der Waals surface area contributed by atoms with Gasteiger partial charge in [-0.05, 0) is 43.7 Å². The molecule has 21 heavy (non-hydrogen) atoms. The highest BCUT2D eigenvalue weighted by Crippen LogP contribution is 2.38. The topological polar surface area (TPSA) is 53.4 Å². The van der Waals surface area contributed by atoms with Crippen LogP contribution in [-0.4, -0.2) is 28.6 Å². The fourth-order valence-electron chi connectivity index (χ4n) is 2.57. The molecule has 0 atom stereocenters. The Balaban J connectivity index is 1.98. The molecule has 0 saturated heterocycles. The average Bonchev–Trinajstić information content (AvgIpc) is 3.26. The maximum absolute atomic E-state index is 11.4. The number of hydrogen-bond acceptors (Lipinski definition) is 3. The first-order chi connectivity index (χ1) is 9.84. The molecule has 1 aromatic heterocycles. The van der Waals surface area contributed by atoms with E-state index in [4.69, 9.17) is 4.98 Å². The Hall–Kier alpha value is -1.58. The molecule has 2 saturated carbocycles. The molecule has 0 bridgehead atoms. The van der Waals surface area contributed by atoms with E-state index in [-0.39, 0.29) is 5.41 Å². The zero-order valence-electron chi connectivity index (χ0n) is 13.1. The number of nitrogens with zero attached hydrogens (tertiary/aromatic N) is 2. The number of carbonyl (C=O) groups is 1. The van der Waals surface area contributed by atoms with Gasteiger partial charge in [-0.1, -0.05) is 20.8 Å². The maximum atomic E-state index is 11.4. The second-order valence-electron chi connectivity index (χ2n) is 7.48. The van der Waals surface area contributed by atoms with Crippen molar-refractivity contribution in [2.24, 2.45) is 5.92 Å². The number of pyridine rings is 1. The molecule has 2 fully saturated rings. The van der Waals surface area contributed by atoms with E-state index in [0.717, 1.165) is 24.0 Å². The van der Waals surface area contributed by atoms with Crippen molar-refractivity contribution in [2.75, 3.05) is 11.4 Å². The molecule has 2 aliphatic carbocycles. The summed E-state index contributed by atoms with van der Waals surface area (Å²) in [5.74, 6) is 0.763. The maximum Gasteiger partial charge on any atom is 0.335 e. The molecule has 4 heteroatoms. The lowest BCUT2D eigenvalue weighted by molar-refractivity contribution is 0.0696. The number of anilines is 1. The van der Waals surface area contributed by atoms with Gasteiger partial charge < -0.3 is 10.0 Å². The lowest BCUT2D eigenvalue weighted by atomic mass is 9.90. The van der Waals surface area contributed by atoms with E-state index in [1.807, 2.05) is 0 Å². The van der Waals surface area contributed by atoms with Gasteiger partial charge in [0.05, 0.1) is 5.56 Å². The SMILES string of the molecule is CC(C)(C)c1cc(C(=O)O)cc(N(CC2CC2)C2CC2)n1. The monoisotopic (exact) mass is 288 g/mol. The van der Waals surface area contributed by atoms with Crippen molar-refractivity contribution < 1.29 is 9.90 Å². The predicted molar refractivity (Wildman–Crippen MR) is 83.0 cm³/mol. The molecular weight excluding hydrogens is 264 g/mol. The molecule has 114 valence electrons. The number of aromatic nitrogens is 1. The summed E-state index contributed by atoms with van der Waals surface area (Å²) in [7, 11) is 0. The number of carboxylic acids is 1. The summed E-state index contributed by atoms with van der Waals surface area (Å²) in [5.41, 5.74) is 1.07. The van der Waals surface area contributed by atoms with Gasteiger partial charge in [0, 0.05) is 23.7 Å². The van der Waals surface area contributed by atoms with Crippen LogP contribution in [-0.2, 0) is 5.41 Å². The minimum Gasteiger partial charge on any atom is -0.478 e. The molecule has 0 aromatic carbocycles. The van der Waals surface area contributed by atoms with Gasteiger partial charge in [-0.2, -0.15) is 0 Å². The fourth-order valence-corrected chi connectivity index (χ4v) is 2.57. The first kappa shape index (κ1) is 14.4. The summed E-state index contributed by atoms with van der Waals surface area (Å²) in [6.45, 7) is 7.26. The minimum atomic E-state index is -0.869. The van der Waals surface area contributed by atoms with Crippen LogP contribution in [0.4, 0.5) is 5.82 Å². The Kier molecular flexibility index (Phi) is 3.42. The second kappa shape index (κ2) is 5.00. The molecule has 3 rings (SSSR count). The van der Waals surface area contributed by atoms with Crippen molar-refractivity contribution in [3.8, 4) is 0 Å². The minimum absolute atomic E-state index is 0.144. The van der Waals surface area contributed by atoms with Crippen molar-refractivity contribution in [2.45, 2.75) is 57.9 Å². The molecule has 0 aliphatic heterocycles. The molecule has 0 unspecified atom stereocenters. The van der Waals surface area contributed by atoms with Crippen LogP contribution in [0.5, 0.6) is 0 Å². The van der Waals surface area contributed by atoms with Crippen LogP contribution >= 0.6 is 0 Å². The number of rotatable bonds is 5. The summed E-state index contributed by atoms with van der Waals surface area (Å²) in [5, 5.41) is 9.38. The van der Waals surface area contributed by atoms with Crippen LogP contribution in [0.2, 0.25) is 0 Å². The van der Waals surface area contributed by atoms with Gasteiger partial charge >= 0.3 is 5.97 Å². The average molecular weight is 288 g/mol. The van der Waals surface area contributed by atoms with Gasteiger partial charge in [-0.15, -0.1) is 0 Å². The highest BCUT2D eigenvalue weighted by Gasteiger charge is 2.35. The third-order valence-electron chi connectivity index (χ3n) is 4.26. The van der Waals surface area contributed by atoms with E-state index in [1.165, 1.54) is 25.7 Å². The molecule has 2 aliphatic rings. The standard InChI is InChI=1S/C17H24N2O2/c1-17(2,3)14-8-12(16(20)21)9-15(18-14)19(13-6-7-13)10-11-4-5-11/h8-9,11,13H,4-7,10H2,1-3H3,(H,20,21). The van der Waals surface area contributed by atoms with Gasteiger partial charge in [-0.25, -0.2) is 9.78 Å². The van der Waals surface area contributed by atoms with Crippen molar-refractivity contribution in [3.05, 3.63) is 23.4 Å². The van der Waals surface area contributed by atoms with Crippen LogP contribution in [0, 0.1) is 5.92 Å². The van der Waals surface area contributed by atoms with Crippen molar-refractivity contribution in [3.63, 3.8) is 0 Å². The highest BCUT2D eigenvalue weighted by atomic mass is 16.4. The van der Waals surface area contributed by atoms with Crippen molar-refractivity contribution in [1.29, 1.82) is 0 Å². The molecule has 0 spiro atoms. The van der Waals surface area contributed by atoms with Crippen LogP contribution in [0.15, 0.2) is 12.1 Å². The largest absolute Gasteiger partial charge is 0.478 e. The Morgan fingerprint density at radius 1 is 1.29 bits per heavy atom. The number of aromatic carboxylic acids is 1. The smallest absolute Gasteiger partial charge is 0.335 e. The quantitative estimate of drug-likeness (QED) is 0.901. The Labute approximate surface area is 126 Å². The second-order valence-corrected chi connectivity index (χ2v) is 7.48. The van der Waals surface area contributed by atoms with Crippen LogP contribution in [0.3, 0.4) is 0 Å². The summed E-state index contributed by atoms with van der Waals surface area (Å²) in [6.07, 6.45) is 5.01. The summed E-state index contributed by atoms with van der Waals surface area (Å²) in [4.78, 5) is 18.6. The molecule has 1 aromatic rings. The fraction of sp³-hybridized carbons (Fsp3) is 0.647. The van der Waals surface area contributed by atoms with Gasteiger partial charge in [-0.3, -0.25) is 0 Å². The lowest BCUT2D eigenvalue weighted by Gasteiger charge is -2.27. The van der Waals surface area contributed by atoms with Gasteiger partial charge in [0.15, 0.2) is 0 Å². The van der Waals surface area contributed by atoms with Gasteiger partial charge in [0.2, 0.25) is 0 Å². The van der Waals surface area contributed by atoms with E-state index >= 15 is 0 Å². The molecule has 1 heterocycles. The van der Waals surface area contributed by atoms with E-state index in [9.17, 15) is 9.90 Å². The number of hydrogen-bond donors (Lipinski definition) is 1. The molecular formula is C17H24N2O2. The Morgan fingerprint density at radius 2 is 1.95 bits per heavy atom. The number of carboxylic acid groups (broad SMARTS) is 1. The first-order valence-corrected chi connectivity index (χ1v) is 7.87. The van der Waals surface area contributed by atoms with E-state index < -0.39 is 5.97 Å². The molecule has 0 radical (unpaired) electrons. The van der Waals surface area contributed by atoms with Crippen LogP contribution in [0.1, 0.15) is 62.5 Å².